The van der Waals surface area contributed by atoms with Crippen LogP contribution in [0.4, 0.5) is 5.95 Å². The molecule has 0 amide bonds. The molecule has 3 heterocycles. The second-order valence-electron chi connectivity index (χ2n) is 4.98. The van der Waals surface area contributed by atoms with E-state index in [2.05, 4.69) is 14.9 Å². The Balaban J connectivity index is 1.71. The zero-order valence-corrected chi connectivity index (χ0v) is 10.9. The van der Waals surface area contributed by atoms with Gasteiger partial charge in [-0.15, -0.1) is 0 Å². The number of hydrogen-bond acceptors (Lipinski definition) is 5. The third-order valence-corrected chi connectivity index (χ3v) is 3.95. The molecule has 0 spiro atoms. The molecule has 0 unspecified atom stereocenters. The van der Waals surface area contributed by atoms with Crippen molar-refractivity contribution in [3.8, 4) is 0 Å². The number of hydrogen-bond donors (Lipinski definition) is 1. The van der Waals surface area contributed by atoms with Crippen molar-refractivity contribution in [2.45, 2.75) is 25.0 Å². The van der Waals surface area contributed by atoms with Gasteiger partial charge < -0.3 is 10.0 Å². The lowest BCUT2D eigenvalue weighted by Gasteiger charge is -2.25. The first-order valence-electron chi connectivity index (χ1n) is 6.38. The van der Waals surface area contributed by atoms with Gasteiger partial charge in [0.25, 0.3) is 0 Å². The van der Waals surface area contributed by atoms with Gasteiger partial charge in [0.1, 0.15) is 0 Å². The molecule has 0 radical (unpaired) electrons. The van der Waals surface area contributed by atoms with Gasteiger partial charge in [-0.05, 0) is 25.9 Å². The topological polar surface area (TPSA) is 52.5 Å². The molecule has 0 bridgehead atoms. The zero-order valence-electron chi connectivity index (χ0n) is 10.2. The van der Waals surface area contributed by atoms with Crippen LogP contribution in [-0.2, 0) is 0 Å². The largest absolute Gasteiger partial charge is 0.390 e. The number of halogens is 1. The number of aliphatic hydroxyl groups is 1. The molecule has 98 valence electrons. The smallest absolute Gasteiger partial charge is 0.225 e. The van der Waals surface area contributed by atoms with E-state index in [1.54, 1.807) is 12.4 Å². The third kappa shape index (κ3) is 2.30. The van der Waals surface area contributed by atoms with Gasteiger partial charge in [-0.3, -0.25) is 4.90 Å². The van der Waals surface area contributed by atoms with Crippen molar-refractivity contribution in [3.63, 3.8) is 0 Å². The number of rotatable bonds is 2. The molecule has 2 atom stereocenters. The highest BCUT2D eigenvalue weighted by Gasteiger charge is 2.37. The average Bonchev–Trinajstić information content (AvgIpc) is 2.99. The highest BCUT2D eigenvalue weighted by atomic mass is 35.5. The molecular weight excluding hydrogens is 252 g/mol. The number of likely N-dealkylation sites (tertiary alicyclic amines) is 1. The Morgan fingerprint density at radius 2 is 1.83 bits per heavy atom. The van der Waals surface area contributed by atoms with E-state index in [9.17, 15) is 5.11 Å². The number of aliphatic hydroxyl groups excluding tert-OH is 1. The van der Waals surface area contributed by atoms with Crippen LogP contribution in [0.3, 0.4) is 0 Å². The van der Waals surface area contributed by atoms with Crippen molar-refractivity contribution in [1.82, 2.24) is 14.9 Å². The first-order chi connectivity index (χ1) is 8.74. The highest BCUT2D eigenvalue weighted by molar-refractivity contribution is 6.30. The first kappa shape index (κ1) is 12.1. The molecule has 1 aromatic heterocycles. The second kappa shape index (κ2) is 4.99. The fourth-order valence-corrected chi connectivity index (χ4v) is 2.93. The van der Waals surface area contributed by atoms with E-state index in [1.807, 2.05) is 4.90 Å². The monoisotopic (exact) mass is 268 g/mol. The summed E-state index contributed by atoms with van der Waals surface area (Å²) in [6.45, 7) is 3.58. The molecule has 2 aliphatic rings. The SMILES string of the molecule is O[C@H]1CN(c2ncc(Cl)cn2)C[C@@H]1N1CCCC1. The van der Waals surface area contributed by atoms with E-state index < -0.39 is 0 Å². The summed E-state index contributed by atoms with van der Waals surface area (Å²) in [5.41, 5.74) is 0. The van der Waals surface area contributed by atoms with Crippen LogP contribution >= 0.6 is 11.6 Å². The Bertz CT molecular complexity index is 407. The van der Waals surface area contributed by atoms with E-state index >= 15 is 0 Å². The Hall–Kier alpha value is -0.910. The normalized spacial score (nSPS) is 29.1. The first-order valence-corrected chi connectivity index (χ1v) is 6.76. The Kier molecular flexibility index (Phi) is 3.37. The predicted octanol–water partition coefficient (Wildman–Crippen LogP) is 0.775. The quantitative estimate of drug-likeness (QED) is 0.859. The van der Waals surface area contributed by atoms with Crippen LogP contribution in [0.25, 0.3) is 0 Å². The summed E-state index contributed by atoms with van der Waals surface area (Å²) in [5, 5.41) is 10.7. The van der Waals surface area contributed by atoms with Crippen LogP contribution in [0, 0.1) is 0 Å². The van der Waals surface area contributed by atoms with Crippen LogP contribution in [0.2, 0.25) is 5.02 Å². The summed E-state index contributed by atoms with van der Waals surface area (Å²) < 4.78 is 0. The number of aromatic nitrogens is 2. The lowest BCUT2D eigenvalue weighted by Crippen LogP contribution is -2.41. The molecule has 1 aromatic rings. The molecule has 0 aromatic carbocycles. The summed E-state index contributed by atoms with van der Waals surface area (Å²) in [7, 11) is 0. The number of anilines is 1. The Labute approximate surface area is 111 Å². The summed E-state index contributed by atoms with van der Waals surface area (Å²) >= 11 is 5.78. The standard InChI is InChI=1S/C12H17ClN4O/c13-9-5-14-12(15-6-9)17-7-10(11(18)8-17)16-3-1-2-4-16/h5-6,10-11,18H,1-4,7-8H2/t10-,11-/m0/s1. The van der Waals surface area contributed by atoms with E-state index in [4.69, 9.17) is 11.6 Å². The van der Waals surface area contributed by atoms with Crippen LogP contribution in [-0.4, -0.2) is 58.3 Å². The molecule has 0 saturated carbocycles. The van der Waals surface area contributed by atoms with Crippen LogP contribution in [0.1, 0.15) is 12.8 Å². The van der Waals surface area contributed by atoms with E-state index in [1.165, 1.54) is 12.8 Å². The molecule has 2 saturated heterocycles. The molecular formula is C12H17ClN4O. The maximum Gasteiger partial charge on any atom is 0.225 e. The maximum atomic E-state index is 10.2. The predicted molar refractivity (Wildman–Crippen MR) is 69.9 cm³/mol. The molecule has 5 nitrogen and oxygen atoms in total. The molecule has 1 N–H and O–H groups in total. The van der Waals surface area contributed by atoms with Gasteiger partial charge in [0.2, 0.25) is 5.95 Å². The Morgan fingerprint density at radius 1 is 1.17 bits per heavy atom. The number of nitrogens with zero attached hydrogens (tertiary/aromatic N) is 4. The summed E-state index contributed by atoms with van der Waals surface area (Å²) in [5.74, 6) is 0.653. The van der Waals surface area contributed by atoms with Crippen molar-refractivity contribution in [2.75, 3.05) is 31.1 Å². The lowest BCUT2D eigenvalue weighted by molar-refractivity contribution is 0.0986. The van der Waals surface area contributed by atoms with Gasteiger partial charge in [-0.25, -0.2) is 9.97 Å². The minimum absolute atomic E-state index is 0.215. The van der Waals surface area contributed by atoms with Gasteiger partial charge in [0.15, 0.2) is 0 Å². The van der Waals surface area contributed by atoms with Crippen molar-refractivity contribution >= 4 is 17.5 Å². The van der Waals surface area contributed by atoms with Crippen molar-refractivity contribution in [2.24, 2.45) is 0 Å². The van der Waals surface area contributed by atoms with Gasteiger partial charge >= 0.3 is 0 Å². The van der Waals surface area contributed by atoms with E-state index in [-0.39, 0.29) is 12.1 Å². The minimum Gasteiger partial charge on any atom is -0.390 e. The third-order valence-electron chi connectivity index (χ3n) is 3.76. The van der Waals surface area contributed by atoms with Gasteiger partial charge in [0.05, 0.1) is 29.6 Å². The van der Waals surface area contributed by atoms with Crippen molar-refractivity contribution in [1.29, 1.82) is 0 Å². The second-order valence-corrected chi connectivity index (χ2v) is 5.42. The maximum absolute atomic E-state index is 10.2. The van der Waals surface area contributed by atoms with E-state index in [0.29, 0.717) is 17.5 Å². The fraction of sp³-hybridized carbons (Fsp3) is 0.667. The molecule has 0 aliphatic carbocycles. The summed E-state index contributed by atoms with van der Waals surface area (Å²) in [6.07, 6.45) is 5.35. The van der Waals surface area contributed by atoms with Crippen LogP contribution in [0.5, 0.6) is 0 Å². The molecule has 2 fully saturated rings. The molecule has 6 heteroatoms. The molecule has 3 rings (SSSR count). The lowest BCUT2D eigenvalue weighted by atomic mass is 10.2. The van der Waals surface area contributed by atoms with Crippen LogP contribution in [0.15, 0.2) is 12.4 Å². The highest BCUT2D eigenvalue weighted by Crippen LogP contribution is 2.23. The van der Waals surface area contributed by atoms with Gasteiger partial charge in [0, 0.05) is 13.1 Å². The fourth-order valence-electron chi connectivity index (χ4n) is 2.83. The molecule has 18 heavy (non-hydrogen) atoms. The average molecular weight is 269 g/mol. The van der Waals surface area contributed by atoms with Crippen molar-refractivity contribution in [3.05, 3.63) is 17.4 Å². The van der Waals surface area contributed by atoms with Crippen molar-refractivity contribution < 1.29 is 5.11 Å². The van der Waals surface area contributed by atoms with E-state index in [0.717, 1.165) is 19.6 Å². The minimum atomic E-state index is -0.317. The summed E-state index contributed by atoms with van der Waals surface area (Å²) in [4.78, 5) is 12.8. The molecule has 2 aliphatic heterocycles. The van der Waals surface area contributed by atoms with Gasteiger partial charge in [-0.2, -0.15) is 0 Å². The van der Waals surface area contributed by atoms with Crippen LogP contribution < -0.4 is 4.90 Å². The zero-order chi connectivity index (χ0) is 12.5. The number of β-amino-alcohol motifs (C(OH)–C–C–N with tert-alkyl or cyclic N) is 1. The summed E-state index contributed by atoms with van der Waals surface area (Å²) in [6, 6.07) is 0.215. The Morgan fingerprint density at radius 3 is 2.50 bits per heavy atom. The van der Waals surface area contributed by atoms with Gasteiger partial charge in [-0.1, -0.05) is 11.6 Å².